The number of rotatable bonds is 5. The highest BCUT2D eigenvalue weighted by molar-refractivity contribution is 5.67. The Kier molecular flexibility index (Phi) is 4.61. The summed E-state index contributed by atoms with van der Waals surface area (Å²) in [6, 6.07) is 9.91. The first-order chi connectivity index (χ1) is 7.22. The van der Waals surface area contributed by atoms with E-state index in [9.17, 15) is 4.79 Å². The van der Waals surface area contributed by atoms with Gasteiger partial charge in [0, 0.05) is 0 Å². The van der Waals surface area contributed by atoms with Gasteiger partial charge in [0.2, 0.25) is 0 Å². The summed E-state index contributed by atoms with van der Waals surface area (Å²) in [6.07, 6.45) is 5.02. The van der Waals surface area contributed by atoms with Crippen LogP contribution in [0.4, 0.5) is 0 Å². The summed E-state index contributed by atoms with van der Waals surface area (Å²) in [7, 11) is 0. The lowest BCUT2D eigenvalue weighted by Gasteiger charge is -2.05. The fraction of sp³-hybridized carbons (Fsp3) is 0.308. The molecule has 0 heterocycles. The molecule has 2 heteroatoms. The minimum Gasteiger partial charge on any atom is -0.481 e. The average Bonchev–Trinajstić information content (AvgIpc) is 2.25. The van der Waals surface area contributed by atoms with Gasteiger partial charge in [-0.1, -0.05) is 49.4 Å². The maximum absolute atomic E-state index is 10.5. The lowest BCUT2D eigenvalue weighted by Crippen LogP contribution is -2.03. The Bertz CT molecular complexity index is 328. The second-order valence-corrected chi connectivity index (χ2v) is 3.54. The molecule has 0 aliphatic heterocycles. The topological polar surface area (TPSA) is 37.3 Å². The molecule has 0 aromatic heterocycles. The highest BCUT2D eigenvalue weighted by atomic mass is 16.4. The third-order valence-corrected chi connectivity index (χ3v) is 2.32. The first-order valence-electron chi connectivity index (χ1n) is 5.17. The van der Waals surface area contributed by atoms with Crippen molar-refractivity contribution in [1.29, 1.82) is 0 Å². The van der Waals surface area contributed by atoms with E-state index in [1.807, 2.05) is 49.4 Å². The van der Waals surface area contributed by atoms with Gasteiger partial charge < -0.3 is 5.11 Å². The van der Waals surface area contributed by atoms with E-state index >= 15 is 0 Å². The Morgan fingerprint density at radius 3 is 2.60 bits per heavy atom. The monoisotopic (exact) mass is 204 g/mol. The molecule has 1 aromatic carbocycles. The summed E-state index contributed by atoms with van der Waals surface area (Å²) >= 11 is 0. The number of hydrogen-bond donors (Lipinski definition) is 1. The number of aliphatic carboxylic acids is 1. The summed E-state index contributed by atoms with van der Waals surface area (Å²) in [4.78, 5) is 10.5. The molecule has 0 amide bonds. The SMILES string of the molecule is CCC(/C=C/c1ccccc1)CC(=O)O. The Balaban J connectivity index is 2.58. The fourth-order valence-corrected chi connectivity index (χ4v) is 1.38. The van der Waals surface area contributed by atoms with Gasteiger partial charge in [0.15, 0.2) is 0 Å². The molecule has 1 N–H and O–H groups in total. The highest BCUT2D eigenvalue weighted by Gasteiger charge is 2.06. The summed E-state index contributed by atoms with van der Waals surface area (Å²) in [5, 5.41) is 8.68. The molecule has 15 heavy (non-hydrogen) atoms. The van der Waals surface area contributed by atoms with Crippen molar-refractivity contribution in [2.45, 2.75) is 19.8 Å². The van der Waals surface area contributed by atoms with Crippen LogP contribution in [0.3, 0.4) is 0 Å². The number of allylic oxidation sites excluding steroid dienone is 1. The van der Waals surface area contributed by atoms with Gasteiger partial charge in [-0.3, -0.25) is 4.79 Å². The van der Waals surface area contributed by atoms with Gasteiger partial charge in [-0.15, -0.1) is 0 Å². The fourth-order valence-electron chi connectivity index (χ4n) is 1.38. The molecule has 2 nitrogen and oxygen atoms in total. The lowest BCUT2D eigenvalue weighted by molar-refractivity contribution is -0.137. The molecular formula is C13H16O2. The van der Waals surface area contributed by atoms with Gasteiger partial charge in [0.1, 0.15) is 0 Å². The molecule has 0 saturated carbocycles. The maximum atomic E-state index is 10.5. The van der Waals surface area contributed by atoms with Crippen LogP contribution in [-0.2, 0) is 4.79 Å². The number of hydrogen-bond acceptors (Lipinski definition) is 1. The molecule has 0 spiro atoms. The van der Waals surface area contributed by atoms with E-state index in [4.69, 9.17) is 5.11 Å². The third-order valence-electron chi connectivity index (χ3n) is 2.32. The smallest absolute Gasteiger partial charge is 0.303 e. The van der Waals surface area contributed by atoms with Gasteiger partial charge in [-0.2, -0.15) is 0 Å². The molecule has 0 radical (unpaired) electrons. The molecule has 0 fully saturated rings. The molecule has 1 rings (SSSR count). The zero-order valence-electron chi connectivity index (χ0n) is 8.89. The van der Waals surface area contributed by atoms with Crippen LogP contribution in [0.15, 0.2) is 36.4 Å². The van der Waals surface area contributed by atoms with Crippen molar-refractivity contribution in [2.75, 3.05) is 0 Å². The van der Waals surface area contributed by atoms with E-state index in [-0.39, 0.29) is 12.3 Å². The predicted octanol–water partition coefficient (Wildman–Crippen LogP) is 3.20. The van der Waals surface area contributed by atoms with E-state index in [1.165, 1.54) is 0 Å². The van der Waals surface area contributed by atoms with Crippen molar-refractivity contribution in [1.82, 2.24) is 0 Å². The normalized spacial score (nSPS) is 12.9. The Hall–Kier alpha value is -1.57. The minimum absolute atomic E-state index is 0.128. The van der Waals surface area contributed by atoms with Crippen molar-refractivity contribution in [3.63, 3.8) is 0 Å². The van der Waals surface area contributed by atoms with Crippen LogP contribution in [0.5, 0.6) is 0 Å². The Morgan fingerprint density at radius 1 is 1.40 bits per heavy atom. The van der Waals surface area contributed by atoms with Crippen LogP contribution in [0.1, 0.15) is 25.3 Å². The molecule has 0 aliphatic rings. The molecule has 80 valence electrons. The van der Waals surface area contributed by atoms with Gasteiger partial charge in [0.25, 0.3) is 0 Å². The largest absolute Gasteiger partial charge is 0.481 e. The van der Waals surface area contributed by atoms with Crippen LogP contribution in [0.25, 0.3) is 6.08 Å². The van der Waals surface area contributed by atoms with E-state index in [1.54, 1.807) is 0 Å². The van der Waals surface area contributed by atoms with Crippen molar-refractivity contribution in [3.05, 3.63) is 42.0 Å². The van der Waals surface area contributed by atoms with E-state index in [2.05, 4.69) is 0 Å². The zero-order chi connectivity index (χ0) is 11.1. The van der Waals surface area contributed by atoms with Crippen molar-refractivity contribution in [2.24, 2.45) is 5.92 Å². The summed E-state index contributed by atoms with van der Waals surface area (Å²) in [5.41, 5.74) is 1.11. The predicted molar refractivity (Wildman–Crippen MR) is 61.5 cm³/mol. The summed E-state index contributed by atoms with van der Waals surface area (Å²) < 4.78 is 0. The zero-order valence-corrected chi connectivity index (χ0v) is 8.89. The molecule has 0 aliphatic carbocycles. The number of carboxylic acids is 1. The van der Waals surface area contributed by atoms with Crippen molar-refractivity contribution >= 4 is 12.0 Å². The number of carboxylic acid groups (broad SMARTS) is 1. The van der Waals surface area contributed by atoms with E-state index < -0.39 is 5.97 Å². The van der Waals surface area contributed by atoms with Gasteiger partial charge in [0.05, 0.1) is 6.42 Å². The minimum atomic E-state index is -0.737. The first-order valence-corrected chi connectivity index (χ1v) is 5.17. The number of benzene rings is 1. The lowest BCUT2D eigenvalue weighted by atomic mass is 10.0. The van der Waals surface area contributed by atoms with Crippen LogP contribution in [-0.4, -0.2) is 11.1 Å². The Labute approximate surface area is 90.3 Å². The average molecular weight is 204 g/mol. The quantitative estimate of drug-likeness (QED) is 0.799. The van der Waals surface area contributed by atoms with Gasteiger partial charge in [-0.25, -0.2) is 0 Å². The van der Waals surface area contributed by atoms with Gasteiger partial charge >= 0.3 is 5.97 Å². The first kappa shape index (κ1) is 11.5. The van der Waals surface area contributed by atoms with E-state index in [0.29, 0.717) is 0 Å². The molecular weight excluding hydrogens is 188 g/mol. The molecule has 1 atom stereocenters. The van der Waals surface area contributed by atoms with E-state index in [0.717, 1.165) is 12.0 Å². The van der Waals surface area contributed by atoms with Crippen LogP contribution in [0.2, 0.25) is 0 Å². The highest BCUT2D eigenvalue weighted by Crippen LogP contribution is 2.12. The van der Waals surface area contributed by atoms with Crippen LogP contribution >= 0.6 is 0 Å². The second-order valence-electron chi connectivity index (χ2n) is 3.54. The number of carbonyl (C=O) groups is 1. The van der Waals surface area contributed by atoms with Crippen LogP contribution in [0, 0.1) is 5.92 Å². The van der Waals surface area contributed by atoms with Crippen molar-refractivity contribution in [3.8, 4) is 0 Å². The maximum Gasteiger partial charge on any atom is 0.303 e. The standard InChI is InChI=1S/C13H16O2/c1-2-11(10-13(14)15)8-9-12-6-4-3-5-7-12/h3-9,11H,2,10H2,1H3,(H,14,15)/b9-8+. The molecule has 1 unspecified atom stereocenters. The molecule has 0 saturated heterocycles. The van der Waals surface area contributed by atoms with Gasteiger partial charge in [-0.05, 0) is 17.9 Å². The third kappa shape index (κ3) is 4.45. The Morgan fingerprint density at radius 2 is 2.07 bits per heavy atom. The van der Waals surface area contributed by atoms with Crippen LogP contribution < -0.4 is 0 Å². The summed E-state index contributed by atoms with van der Waals surface area (Å²) in [6.45, 7) is 2.00. The summed E-state index contributed by atoms with van der Waals surface area (Å²) in [5.74, 6) is -0.609. The molecule has 0 bridgehead atoms. The molecule has 1 aromatic rings. The second kappa shape index (κ2) is 6.02. The van der Waals surface area contributed by atoms with Crippen molar-refractivity contribution < 1.29 is 9.90 Å².